The first-order valence-electron chi connectivity index (χ1n) is 8.46. The number of benzene rings is 2. The molecule has 0 saturated carbocycles. The Hall–Kier alpha value is -3.08. The Morgan fingerprint density at radius 3 is 2.46 bits per heavy atom. The Balaban J connectivity index is 1.63. The molecule has 0 aliphatic carbocycles. The van der Waals surface area contributed by atoms with Crippen LogP contribution in [0.3, 0.4) is 0 Å². The van der Waals surface area contributed by atoms with Crippen molar-refractivity contribution >= 4 is 22.7 Å². The lowest BCUT2D eigenvalue weighted by Crippen LogP contribution is -2.27. The van der Waals surface area contributed by atoms with Crippen molar-refractivity contribution in [1.82, 2.24) is 4.98 Å². The number of esters is 1. The number of ether oxygens (including phenoxy) is 2. The van der Waals surface area contributed by atoms with Crippen LogP contribution in [0.1, 0.15) is 28.4 Å². The van der Waals surface area contributed by atoms with E-state index in [1.807, 2.05) is 56.3 Å². The van der Waals surface area contributed by atoms with Gasteiger partial charge in [0.1, 0.15) is 5.75 Å². The average Bonchev–Trinajstić information content (AvgIpc) is 3.04. The zero-order valence-electron chi connectivity index (χ0n) is 15.0. The molecule has 5 heteroatoms. The molecule has 1 atom stereocenters. The van der Waals surface area contributed by atoms with Crippen LogP contribution in [0.2, 0.25) is 0 Å². The quantitative estimate of drug-likeness (QED) is 0.539. The molecule has 0 fully saturated rings. The second-order valence-electron chi connectivity index (χ2n) is 6.25. The third-order valence-corrected chi connectivity index (χ3v) is 4.28. The number of aryl methyl sites for hydroxylation is 2. The zero-order chi connectivity index (χ0) is 18.7. The first-order chi connectivity index (χ1) is 12.5. The van der Waals surface area contributed by atoms with Gasteiger partial charge < -0.3 is 14.5 Å². The van der Waals surface area contributed by atoms with Crippen LogP contribution in [-0.2, 0) is 9.53 Å². The highest BCUT2D eigenvalue weighted by molar-refractivity contribution is 6.10. The largest absolute Gasteiger partial charge is 0.481 e. The molecule has 134 valence electrons. The summed E-state index contributed by atoms with van der Waals surface area (Å²) in [6.07, 6.45) is 0.758. The van der Waals surface area contributed by atoms with Gasteiger partial charge in [-0.3, -0.25) is 4.79 Å². The fourth-order valence-electron chi connectivity index (χ4n) is 2.94. The van der Waals surface area contributed by atoms with Crippen LogP contribution in [-0.4, -0.2) is 29.4 Å². The van der Waals surface area contributed by atoms with Gasteiger partial charge in [-0.1, -0.05) is 36.4 Å². The van der Waals surface area contributed by atoms with Crippen molar-refractivity contribution in [2.24, 2.45) is 0 Å². The van der Waals surface area contributed by atoms with E-state index in [2.05, 4.69) is 4.98 Å². The lowest BCUT2D eigenvalue weighted by molar-refractivity contribution is -0.148. The number of aromatic nitrogens is 1. The maximum Gasteiger partial charge on any atom is 0.344 e. The topological polar surface area (TPSA) is 68.4 Å². The predicted molar refractivity (Wildman–Crippen MR) is 99.6 cm³/mol. The summed E-state index contributed by atoms with van der Waals surface area (Å²) in [5.41, 5.74) is 3.27. The Kier molecular flexibility index (Phi) is 5.07. The molecule has 0 unspecified atom stereocenters. The van der Waals surface area contributed by atoms with E-state index in [0.717, 1.165) is 22.0 Å². The van der Waals surface area contributed by atoms with Crippen molar-refractivity contribution in [2.45, 2.75) is 26.9 Å². The molecule has 3 rings (SSSR count). The number of rotatable bonds is 6. The average molecular weight is 351 g/mol. The van der Waals surface area contributed by atoms with E-state index in [9.17, 15) is 9.59 Å². The first-order valence-corrected chi connectivity index (χ1v) is 8.46. The Labute approximate surface area is 151 Å². The number of ketones is 1. The number of H-pyrrole nitrogens is 1. The van der Waals surface area contributed by atoms with Gasteiger partial charge >= 0.3 is 5.97 Å². The lowest BCUT2D eigenvalue weighted by Gasteiger charge is -2.14. The summed E-state index contributed by atoms with van der Waals surface area (Å²) >= 11 is 0. The third-order valence-electron chi connectivity index (χ3n) is 4.28. The molecule has 3 aromatic rings. The van der Waals surface area contributed by atoms with Crippen LogP contribution in [0, 0.1) is 13.8 Å². The molecule has 1 aromatic heterocycles. The van der Waals surface area contributed by atoms with Crippen LogP contribution in [0.15, 0.2) is 48.7 Å². The lowest BCUT2D eigenvalue weighted by atomic mass is 10.1. The van der Waals surface area contributed by atoms with Crippen LogP contribution >= 0.6 is 0 Å². The van der Waals surface area contributed by atoms with Crippen molar-refractivity contribution in [3.63, 3.8) is 0 Å². The Morgan fingerprint density at radius 2 is 1.73 bits per heavy atom. The summed E-state index contributed by atoms with van der Waals surface area (Å²) in [7, 11) is 0. The minimum atomic E-state index is -0.886. The molecule has 26 heavy (non-hydrogen) atoms. The summed E-state index contributed by atoms with van der Waals surface area (Å²) in [4.78, 5) is 27.7. The van der Waals surface area contributed by atoms with E-state index in [0.29, 0.717) is 11.3 Å². The zero-order valence-corrected chi connectivity index (χ0v) is 15.0. The number of hydrogen-bond acceptors (Lipinski definition) is 4. The molecule has 0 aliphatic rings. The number of para-hydroxylation sites is 2. The van der Waals surface area contributed by atoms with Crippen LogP contribution in [0.5, 0.6) is 5.75 Å². The molecule has 0 spiro atoms. The van der Waals surface area contributed by atoms with Crippen LogP contribution in [0.4, 0.5) is 0 Å². The standard InChI is InChI=1S/C21H21NO4/c1-13-7-6-8-14(2)21(13)25-12-19(23)26-15(3)20(24)17-11-22-18-10-5-4-9-16(17)18/h4-11,15,22H,12H2,1-3H3/t15-/m1/s1. The van der Waals surface area contributed by atoms with Gasteiger partial charge in [-0.05, 0) is 38.0 Å². The van der Waals surface area contributed by atoms with Crippen molar-refractivity contribution < 1.29 is 19.1 Å². The second kappa shape index (κ2) is 7.44. The van der Waals surface area contributed by atoms with Crippen molar-refractivity contribution in [3.05, 3.63) is 65.4 Å². The number of hydrogen-bond donors (Lipinski definition) is 1. The highest BCUT2D eigenvalue weighted by atomic mass is 16.6. The molecule has 1 heterocycles. The summed E-state index contributed by atoms with van der Waals surface area (Å²) in [5.74, 6) is -0.156. The molecule has 0 saturated heterocycles. The van der Waals surface area contributed by atoms with Crippen molar-refractivity contribution in [3.8, 4) is 5.75 Å². The predicted octanol–water partition coefficient (Wildman–Crippen LogP) is 3.98. The SMILES string of the molecule is Cc1cccc(C)c1OCC(=O)O[C@H](C)C(=O)c1c[nH]c2ccccc12. The van der Waals surface area contributed by atoms with Gasteiger partial charge in [0.15, 0.2) is 12.7 Å². The first kappa shape index (κ1) is 17.7. The van der Waals surface area contributed by atoms with Gasteiger partial charge in [0.05, 0.1) is 0 Å². The van der Waals surface area contributed by atoms with E-state index in [1.54, 1.807) is 13.1 Å². The molecule has 2 aromatic carbocycles. The van der Waals surface area contributed by atoms with Gasteiger partial charge in [-0.15, -0.1) is 0 Å². The second-order valence-corrected chi connectivity index (χ2v) is 6.25. The number of nitrogens with one attached hydrogen (secondary N) is 1. The van der Waals surface area contributed by atoms with Gasteiger partial charge in [-0.2, -0.15) is 0 Å². The third kappa shape index (κ3) is 3.61. The van der Waals surface area contributed by atoms with E-state index in [-0.39, 0.29) is 12.4 Å². The van der Waals surface area contributed by atoms with Gasteiger partial charge in [0.2, 0.25) is 5.78 Å². The molecule has 0 bridgehead atoms. The summed E-state index contributed by atoms with van der Waals surface area (Å²) in [6.45, 7) is 5.16. The highest BCUT2D eigenvalue weighted by Gasteiger charge is 2.22. The van der Waals surface area contributed by atoms with Crippen LogP contribution < -0.4 is 4.74 Å². The monoisotopic (exact) mass is 351 g/mol. The summed E-state index contributed by atoms with van der Waals surface area (Å²) < 4.78 is 10.8. The smallest absolute Gasteiger partial charge is 0.344 e. The highest BCUT2D eigenvalue weighted by Crippen LogP contribution is 2.23. The van der Waals surface area contributed by atoms with E-state index in [4.69, 9.17) is 9.47 Å². The van der Waals surface area contributed by atoms with E-state index >= 15 is 0 Å². The normalized spacial score (nSPS) is 12.0. The number of aromatic amines is 1. The fourth-order valence-corrected chi connectivity index (χ4v) is 2.94. The van der Waals surface area contributed by atoms with E-state index < -0.39 is 12.1 Å². The minimum Gasteiger partial charge on any atom is -0.481 e. The summed E-state index contributed by atoms with van der Waals surface area (Å²) in [6, 6.07) is 13.3. The number of fused-ring (bicyclic) bond motifs is 1. The molecular weight excluding hydrogens is 330 g/mol. The van der Waals surface area contributed by atoms with Gasteiger partial charge in [-0.25, -0.2) is 4.79 Å². The van der Waals surface area contributed by atoms with Gasteiger partial charge in [0.25, 0.3) is 0 Å². The maximum absolute atomic E-state index is 12.6. The van der Waals surface area contributed by atoms with Crippen molar-refractivity contribution in [1.29, 1.82) is 0 Å². The van der Waals surface area contributed by atoms with Crippen LogP contribution in [0.25, 0.3) is 10.9 Å². The van der Waals surface area contributed by atoms with Crippen molar-refractivity contribution in [2.75, 3.05) is 6.61 Å². The Morgan fingerprint density at radius 1 is 1.04 bits per heavy atom. The molecule has 0 aliphatic heterocycles. The minimum absolute atomic E-state index is 0.239. The molecule has 1 N–H and O–H groups in total. The molecular formula is C21H21NO4. The number of carbonyl (C=O) groups excluding carboxylic acids is 2. The molecule has 0 radical (unpaired) electrons. The maximum atomic E-state index is 12.6. The fraction of sp³-hybridized carbons (Fsp3) is 0.238. The van der Waals surface area contributed by atoms with Gasteiger partial charge in [0, 0.05) is 22.7 Å². The number of Topliss-reactive ketones (excluding diaryl/α,β-unsaturated/α-hetero) is 1. The Bertz CT molecular complexity index is 937. The number of carbonyl (C=O) groups is 2. The van der Waals surface area contributed by atoms with E-state index in [1.165, 1.54) is 0 Å². The molecule has 5 nitrogen and oxygen atoms in total. The summed E-state index contributed by atoms with van der Waals surface area (Å²) in [5, 5.41) is 0.812. The molecule has 0 amide bonds.